The second-order valence-electron chi connectivity index (χ2n) is 5.50. The summed E-state index contributed by atoms with van der Waals surface area (Å²) in [6.45, 7) is 0.732. The van der Waals surface area contributed by atoms with E-state index in [1.165, 1.54) is 6.07 Å². The molecule has 0 aliphatic rings. The molecule has 0 saturated carbocycles. The summed E-state index contributed by atoms with van der Waals surface area (Å²) in [6.07, 6.45) is 0. The Balaban J connectivity index is 1.55. The molecule has 138 valence electrons. The Morgan fingerprint density at radius 2 is 1.48 bits per heavy atom. The zero-order chi connectivity index (χ0) is 19.1. The van der Waals surface area contributed by atoms with Crippen LogP contribution >= 0.6 is 23.2 Å². The highest BCUT2D eigenvalue weighted by molar-refractivity contribution is 6.35. The first-order valence-corrected chi connectivity index (χ1v) is 8.95. The molecule has 6 heteroatoms. The van der Waals surface area contributed by atoms with Gasteiger partial charge in [-0.15, -0.1) is 0 Å². The Morgan fingerprint density at radius 3 is 2.22 bits per heavy atom. The third-order valence-electron chi connectivity index (χ3n) is 3.53. The van der Waals surface area contributed by atoms with E-state index in [4.69, 9.17) is 37.4 Å². The molecule has 0 saturated heterocycles. The van der Waals surface area contributed by atoms with E-state index in [0.29, 0.717) is 29.5 Å². The van der Waals surface area contributed by atoms with Crippen molar-refractivity contribution in [3.63, 3.8) is 0 Å². The van der Waals surface area contributed by atoms with Crippen molar-refractivity contribution >= 4 is 29.2 Å². The number of ether oxygens (including phenoxy) is 3. The number of benzene rings is 3. The summed E-state index contributed by atoms with van der Waals surface area (Å²) in [6, 6.07) is 20.8. The molecule has 0 atom stereocenters. The third-order valence-corrected chi connectivity index (χ3v) is 4.06. The van der Waals surface area contributed by atoms with Gasteiger partial charge in [0.05, 0.1) is 10.6 Å². The first-order valence-electron chi connectivity index (χ1n) is 8.20. The maximum Gasteiger partial charge on any atom is 0.343 e. The molecule has 0 spiro atoms. The molecule has 0 fully saturated rings. The van der Waals surface area contributed by atoms with Crippen LogP contribution in [0.4, 0.5) is 0 Å². The van der Waals surface area contributed by atoms with E-state index in [0.717, 1.165) is 5.75 Å². The van der Waals surface area contributed by atoms with Crippen LogP contribution in [-0.2, 0) is 0 Å². The van der Waals surface area contributed by atoms with Gasteiger partial charge < -0.3 is 14.2 Å². The molecule has 0 aliphatic carbocycles. The van der Waals surface area contributed by atoms with Crippen molar-refractivity contribution in [1.29, 1.82) is 0 Å². The molecular formula is C21H16Cl2O4. The van der Waals surface area contributed by atoms with Crippen LogP contribution < -0.4 is 14.2 Å². The molecule has 0 amide bonds. The van der Waals surface area contributed by atoms with Crippen molar-refractivity contribution in [2.45, 2.75) is 0 Å². The fourth-order valence-corrected chi connectivity index (χ4v) is 2.71. The molecule has 0 heterocycles. The maximum atomic E-state index is 12.3. The maximum absolute atomic E-state index is 12.3. The number of para-hydroxylation sites is 1. The van der Waals surface area contributed by atoms with Crippen LogP contribution in [-0.4, -0.2) is 19.2 Å². The number of carbonyl (C=O) groups is 1. The second kappa shape index (κ2) is 9.31. The van der Waals surface area contributed by atoms with Crippen LogP contribution in [0.1, 0.15) is 10.4 Å². The first kappa shape index (κ1) is 19.1. The zero-order valence-corrected chi connectivity index (χ0v) is 15.7. The van der Waals surface area contributed by atoms with Gasteiger partial charge in [-0.1, -0.05) is 47.5 Å². The summed E-state index contributed by atoms with van der Waals surface area (Å²) < 4.78 is 16.5. The lowest BCUT2D eigenvalue weighted by molar-refractivity contribution is 0.0734. The van der Waals surface area contributed by atoms with Gasteiger partial charge in [0, 0.05) is 5.02 Å². The highest BCUT2D eigenvalue weighted by atomic mass is 35.5. The topological polar surface area (TPSA) is 44.8 Å². The van der Waals surface area contributed by atoms with Gasteiger partial charge in [-0.2, -0.15) is 0 Å². The Kier molecular flexibility index (Phi) is 6.58. The van der Waals surface area contributed by atoms with E-state index in [1.807, 2.05) is 30.3 Å². The van der Waals surface area contributed by atoms with E-state index in [9.17, 15) is 4.79 Å². The SMILES string of the molecule is O=C(Oc1ccc(Cl)cc1Cl)c1cccc(OCCOc2ccccc2)c1. The van der Waals surface area contributed by atoms with Crippen molar-refractivity contribution in [2.75, 3.05) is 13.2 Å². The lowest BCUT2D eigenvalue weighted by Gasteiger charge is -2.10. The molecule has 3 rings (SSSR count). The van der Waals surface area contributed by atoms with E-state index in [1.54, 1.807) is 36.4 Å². The first-order chi connectivity index (χ1) is 13.1. The predicted molar refractivity (Wildman–Crippen MR) is 105 cm³/mol. The fraction of sp³-hybridized carbons (Fsp3) is 0.0952. The standard InChI is InChI=1S/C21H16Cl2O4/c22-16-9-10-20(19(23)14-16)27-21(24)15-5-4-8-18(13-15)26-12-11-25-17-6-2-1-3-7-17/h1-10,13-14H,11-12H2. The number of rotatable bonds is 7. The average molecular weight is 403 g/mol. The number of halogens is 2. The van der Waals surface area contributed by atoms with E-state index >= 15 is 0 Å². The minimum absolute atomic E-state index is 0.244. The normalized spacial score (nSPS) is 10.3. The summed E-state index contributed by atoms with van der Waals surface area (Å²) in [5.74, 6) is 1.03. The highest BCUT2D eigenvalue weighted by Crippen LogP contribution is 2.28. The van der Waals surface area contributed by atoms with Gasteiger partial charge in [0.15, 0.2) is 0 Å². The van der Waals surface area contributed by atoms with Gasteiger partial charge in [0.2, 0.25) is 0 Å². The van der Waals surface area contributed by atoms with Crippen molar-refractivity contribution < 1.29 is 19.0 Å². The number of carbonyl (C=O) groups excluding carboxylic acids is 1. The van der Waals surface area contributed by atoms with Crippen LogP contribution in [0.25, 0.3) is 0 Å². The summed E-state index contributed by atoms with van der Waals surface area (Å²) >= 11 is 11.9. The summed E-state index contributed by atoms with van der Waals surface area (Å²) in [7, 11) is 0. The lowest BCUT2D eigenvalue weighted by Crippen LogP contribution is -2.11. The Labute approximate surface area is 167 Å². The zero-order valence-electron chi connectivity index (χ0n) is 14.2. The minimum Gasteiger partial charge on any atom is -0.490 e. The van der Waals surface area contributed by atoms with Crippen molar-refractivity contribution in [3.05, 3.63) is 88.4 Å². The Bertz CT molecular complexity index is 913. The van der Waals surface area contributed by atoms with Crippen LogP contribution in [0.15, 0.2) is 72.8 Å². The largest absolute Gasteiger partial charge is 0.490 e. The molecule has 3 aromatic carbocycles. The van der Waals surface area contributed by atoms with Crippen molar-refractivity contribution in [3.8, 4) is 17.2 Å². The molecule has 0 unspecified atom stereocenters. The van der Waals surface area contributed by atoms with E-state index in [2.05, 4.69) is 0 Å². The molecule has 0 aliphatic heterocycles. The predicted octanol–water partition coefficient (Wildman–Crippen LogP) is 5.67. The fourth-order valence-electron chi connectivity index (χ4n) is 2.27. The molecule has 0 aromatic heterocycles. The van der Waals surface area contributed by atoms with Crippen LogP contribution in [0, 0.1) is 0 Å². The molecule has 27 heavy (non-hydrogen) atoms. The summed E-state index contributed by atoms with van der Waals surface area (Å²) in [5.41, 5.74) is 0.350. The van der Waals surface area contributed by atoms with Gasteiger partial charge in [-0.3, -0.25) is 0 Å². The molecular weight excluding hydrogens is 387 g/mol. The third kappa shape index (κ3) is 5.64. The summed E-state index contributed by atoms with van der Waals surface area (Å²) in [5, 5.41) is 0.731. The molecule has 3 aromatic rings. The quantitative estimate of drug-likeness (QED) is 0.290. The van der Waals surface area contributed by atoms with E-state index < -0.39 is 5.97 Å². The van der Waals surface area contributed by atoms with Crippen molar-refractivity contribution in [1.82, 2.24) is 0 Å². The Morgan fingerprint density at radius 1 is 0.778 bits per heavy atom. The van der Waals surface area contributed by atoms with Crippen LogP contribution in [0.2, 0.25) is 10.0 Å². The molecule has 4 nitrogen and oxygen atoms in total. The van der Waals surface area contributed by atoms with Gasteiger partial charge in [0.25, 0.3) is 0 Å². The van der Waals surface area contributed by atoms with Crippen LogP contribution in [0.5, 0.6) is 17.2 Å². The average Bonchev–Trinajstić information content (AvgIpc) is 2.68. The van der Waals surface area contributed by atoms with E-state index in [-0.39, 0.29) is 10.8 Å². The molecule has 0 N–H and O–H groups in total. The van der Waals surface area contributed by atoms with Gasteiger partial charge in [-0.05, 0) is 48.5 Å². The Hall–Kier alpha value is -2.69. The number of hydrogen-bond acceptors (Lipinski definition) is 4. The van der Waals surface area contributed by atoms with Gasteiger partial charge in [-0.25, -0.2) is 4.79 Å². The second-order valence-corrected chi connectivity index (χ2v) is 6.35. The van der Waals surface area contributed by atoms with Gasteiger partial charge in [0.1, 0.15) is 30.5 Å². The number of hydrogen-bond donors (Lipinski definition) is 0. The molecule has 0 bridgehead atoms. The number of esters is 1. The van der Waals surface area contributed by atoms with Crippen molar-refractivity contribution in [2.24, 2.45) is 0 Å². The lowest BCUT2D eigenvalue weighted by atomic mass is 10.2. The summed E-state index contributed by atoms with van der Waals surface area (Å²) in [4.78, 5) is 12.3. The highest BCUT2D eigenvalue weighted by Gasteiger charge is 2.12. The smallest absolute Gasteiger partial charge is 0.343 e. The monoisotopic (exact) mass is 402 g/mol. The molecule has 0 radical (unpaired) electrons. The van der Waals surface area contributed by atoms with Gasteiger partial charge >= 0.3 is 5.97 Å². The minimum atomic E-state index is -0.537. The van der Waals surface area contributed by atoms with Crippen LogP contribution in [0.3, 0.4) is 0 Å².